The Morgan fingerprint density at radius 2 is 2.32 bits per heavy atom. The quantitative estimate of drug-likeness (QED) is 0.878. The first kappa shape index (κ1) is 13.5. The van der Waals surface area contributed by atoms with Gasteiger partial charge in [0.15, 0.2) is 0 Å². The van der Waals surface area contributed by atoms with Crippen LogP contribution in [-0.2, 0) is 16.1 Å². The van der Waals surface area contributed by atoms with E-state index in [4.69, 9.17) is 0 Å². The van der Waals surface area contributed by atoms with Crippen LogP contribution in [0.15, 0.2) is 24.5 Å². The normalized spacial score (nSPS) is 21.2. The number of aromatic nitrogens is 1. The number of nitrogens with one attached hydrogen (secondary N) is 1. The third-order valence-electron chi connectivity index (χ3n) is 3.60. The van der Waals surface area contributed by atoms with E-state index in [1.54, 1.807) is 17.3 Å². The van der Waals surface area contributed by atoms with Gasteiger partial charge in [-0.3, -0.25) is 14.6 Å². The molecular weight excluding hydrogens is 242 g/mol. The van der Waals surface area contributed by atoms with Crippen molar-refractivity contribution in [3.63, 3.8) is 0 Å². The summed E-state index contributed by atoms with van der Waals surface area (Å²) in [5.41, 5.74) is 0.943. The van der Waals surface area contributed by atoms with Gasteiger partial charge in [0, 0.05) is 18.9 Å². The summed E-state index contributed by atoms with van der Waals surface area (Å²) >= 11 is 0. The van der Waals surface area contributed by atoms with Crippen LogP contribution >= 0.6 is 0 Å². The van der Waals surface area contributed by atoms with Crippen LogP contribution in [0.5, 0.6) is 0 Å². The van der Waals surface area contributed by atoms with Crippen molar-refractivity contribution >= 4 is 11.8 Å². The molecule has 0 saturated carbocycles. The predicted molar refractivity (Wildman–Crippen MR) is 71.0 cm³/mol. The third-order valence-corrected chi connectivity index (χ3v) is 3.60. The van der Waals surface area contributed by atoms with Crippen LogP contribution in [0, 0.1) is 5.92 Å². The highest BCUT2D eigenvalue weighted by Crippen LogP contribution is 2.20. The Morgan fingerprint density at radius 3 is 2.95 bits per heavy atom. The number of carbonyl (C=O) groups is 2. The van der Waals surface area contributed by atoms with Gasteiger partial charge in [0.25, 0.3) is 0 Å². The Balaban J connectivity index is 2.22. The van der Waals surface area contributed by atoms with Crippen LogP contribution in [0.25, 0.3) is 0 Å². The molecule has 0 aromatic carbocycles. The molecule has 0 bridgehead atoms. The average molecular weight is 261 g/mol. The number of nitrogens with zero attached hydrogens (tertiary/aromatic N) is 2. The number of rotatable bonds is 4. The fraction of sp³-hybridized carbons (Fsp3) is 0.500. The molecule has 1 fully saturated rings. The van der Waals surface area contributed by atoms with Crippen molar-refractivity contribution in [3.05, 3.63) is 30.1 Å². The molecule has 5 heteroatoms. The average Bonchev–Trinajstić information content (AvgIpc) is 2.43. The molecular formula is C14H19N3O2. The van der Waals surface area contributed by atoms with Gasteiger partial charge < -0.3 is 10.2 Å². The van der Waals surface area contributed by atoms with Gasteiger partial charge >= 0.3 is 0 Å². The van der Waals surface area contributed by atoms with Crippen molar-refractivity contribution in [1.29, 1.82) is 0 Å². The fourth-order valence-electron chi connectivity index (χ4n) is 2.33. The van der Waals surface area contributed by atoms with Crippen LogP contribution < -0.4 is 5.32 Å². The zero-order chi connectivity index (χ0) is 13.8. The molecule has 1 aromatic heterocycles. The summed E-state index contributed by atoms with van der Waals surface area (Å²) < 4.78 is 0. The van der Waals surface area contributed by atoms with E-state index < -0.39 is 0 Å². The number of amides is 2. The van der Waals surface area contributed by atoms with Crippen molar-refractivity contribution in [2.45, 2.75) is 32.9 Å². The molecule has 2 unspecified atom stereocenters. The van der Waals surface area contributed by atoms with Crippen LogP contribution in [0.4, 0.5) is 0 Å². The molecule has 1 aliphatic rings. The van der Waals surface area contributed by atoms with Gasteiger partial charge in [-0.2, -0.15) is 0 Å². The van der Waals surface area contributed by atoms with E-state index in [1.807, 2.05) is 26.0 Å². The monoisotopic (exact) mass is 261 g/mol. The molecule has 2 rings (SSSR count). The Hall–Kier alpha value is -1.91. The van der Waals surface area contributed by atoms with E-state index in [2.05, 4.69) is 10.3 Å². The van der Waals surface area contributed by atoms with Crippen LogP contribution in [0.1, 0.15) is 25.8 Å². The summed E-state index contributed by atoms with van der Waals surface area (Å²) in [5.74, 6) is 0.0486. The maximum absolute atomic E-state index is 12.1. The van der Waals surface area contributed by atoms with Gasteiger partial charge in [0.05, 0.1) is 6.54 Å². The first-order valence-corrected chi connectivity index (χ1v) is 6.59. The minimum atomic E-state index is -0.383. The van der Waals surface area contributed by atoms with E-state index in [9.17, 15) is 9.59 Å². The van der Waals surface area contributed by atoms with Crippen molar-refractivity contribution < 1.29 is 9.59 Å². The zero-order valence-corrected chi connectivity index (χ0v) is 11.3. The summed E-state index contributed by atoms with van der Waals surface area (Å²) in [6.45, 7) is 4.56. The fourth-order valence-corrected chi connectivity index (χ4v) is 2.33. The molecule has 0 radical (unpaired) electrons. The molecule has 2 heterocycles. The third kappa shape index (κ3) is 2.92. The highest BCUT2D eigenvalue weighted by Gasteiger charge is 2.37. The molecule has 0 spiro atoms. The van der Waals surface area contributed by atoms with E-state index in [0.29, 0.717) is 6.54 Å². The summed E-state index contributed by atoms with van der Waals surface area (Å²) in [6, 6.07) is 3.37. The standard InChI is InChI=1S/C14H19N3O2/c1-3-10(2)13-14(19)16-8-12(18)17(13)9-11-5-4-6-15-7-11/h4-7,10,13H,3,8-9H2,1-2H3,(H,16,19). The molecule has 1 aromatic rings. The lowest BCUT2D eigenvalue weighted by Crippen LogP contribution is -2.60. The number of hydrogen-bond donors (Lipinski definition) is 1. The second kappa shape index (κ2) is 5.82. The van der Waals surface area contributed by atoms with Crippen LogP contribution in [-0.4, -0.2) is 34.3 Å². The summed E-state index contributed by atoms with van der Waals surface area (Å²) in [7, 11) is 0. The maximum Gasteiger partial charge on any atom is 0.243 e. The molecule has 0 aliphatic carbocycles. The van der Waals surface area contributed by atoms with E-state index in [0.717, 1.165) is 12.0 Å². The van der Waals surface area contributed by atoms with Crippen LogP contribution in [0.2, 0.25) is 0 Å². The SMILES string of the molecule is CCC(C)C1C(=O)NCC(=O)N1Cc1cccnc1. The molecule has 5 nitrogen and oxygen atoms in total. The van der Waals surface area contributed by atoms with E-state index in [1.165, 1.54) is 0 Å². The second-order valence-corrected chi connectivity index (χ2v) is 4.93. The number of pyridine rings is 1. The smallest absolute Gasteiger partial charge is 0.243 e. The molecule has 102 valence electrons. The van der Waals surface area contributed by atoms with Crippen LogP contribution in [0.3, 0.4) is 0 Å². The van der Waals surface area contributed by atoms with Gasteiger partial charge in [-0.25, -0.2) is 0 Å². The first-order chi connectivity index (χ1) is 9.13. The van der Waals surface area contributed by atoms with Gasteiger partial charge in [0.2, 0.25) is 11.8 Å². The molecule has 1 aliphatic heterocycles. The number of piperazine rings is 1. The van der Waals surface area contributed by atoms with E-state index >= 15 is 0 Å². The largest absolute Gasteiger partial charge is 0.345 e. The van der Waals surface area contributed by atoms with Gasteiger partial charge in [0.1, 0.15) is 6.04 Å². The minimum Gasteiger partial charge on any atom is -0.345 e. The maximum atomic E-state index is 12.1. The molecule has 1 N–H and O–H groups in total. The predicted octanol–water partition coefficient (Wildman–Crippen LogP) is 0.955. The van der Waals surface area contributed by atoms with Gasteiger partial charge in [-0.1, -0.05) is 26.3 Å². The van der Waals surface area contributed by atoms with Crippen molar-refractivity contribution in [2.24, 2.45) is 5.92 Å². The Bertz CT molecular complexity index is 461. The van der Waals surface area contributed by atoms with Crippen molar-refractivity contribution in [2.75, 3.05) is 6.54 Å². The van der Waals surface area contributed by atoms with Gasteiger partial charge in [-0.05, 0) is 17.5 Å². The van der Waals surface area contributed by atoms with Crippen molar-refractivity contribution in [3.8, 4) is 0 Å². The highest BCUT2D eigenvalue weighted by atomic mass is 16.2. The summed E-state index contributed by atoms with van der Waals surface area (Å²) in [5, 5.41) is 2.67. The lowest BCUT2D eigenvalue weighted by atomic mass is 9.94. The minimum absolute atomic E-state index is 0.0336. The topological polar surface area (TPSA) is 62.3 Å². The molecule has 2 atom stereocenters. The first-order valence-electron chi connectivity index (χ1n) is 6.59. The van der Waals surface area contributed by atoms with Crippen molar-refractivity contribution in [1.82, 2.24) is 15.2 Å². The lowest BCUT2D eigenvalue weighted by Gasteiger charge is -2.38. The Morgan fingerprint density at radius 1 is 1.53 bits per heavy atom. The van der Waals surface area contributed by atoms with E-state index in [-0.39, 0.29) is 30.3 Å². The summed E-state index contributed by atoms with van der Waals surface area (Å²) in [6.07, 6.45) is 4.28. The molecule has 2 amide bonds. The number of hydrogen-bond acceptors (Lipinski definition) is 3. The van der Waals surface area contributed by atoms with Gasteiger partial charge in [-0.15, -0.1) is 0 Å². The molecule has 1 saturated heterocycles. The highest BCUT2D eigenvalue weighted by molar-refractivity contribution is 5.94. The molecule has 19 heavy (non-hydrogen) atoms. The summed E-state index contributed by atoms with van der Waals surface area (Å²) in [4.78, 5) is 29.8. The Labute approximate surface area is 113 Å². The Kier molecular flexibility index (Phi) is 4.14. The zero-order valence-electron chi connectivity index (χ0n) is 11.3. The lowest BCUT2D eigenvalue weighted by molar-refractivity contribution is -0.148. The second-order valence-electron chi connectivity index (χ2n) is 4.93. The number of carbonyl (C=O) groups excluding carboxylic acids is 2.